The van der Waals surface area contributed by atoms with E-state index in [1.54, 1.807) is 32.0 Å². The summed E-state index contributed by atoms with van der Waals surface area (Å²) >= 11 is 2.03. The second-order valence-corrected chi connectivity index (χ2v) is 7.99. The fraction of sp³-hybridized carbons (Fsp3) is 0.261. The van der Waals surface area contributed by atoms with Crippen LogP contribution in [0.3, 0.4) is 0 Å². The Morgan fingerprint density at radius 2 is 1.91 bits per heavy atom. The monoisotopic (exact) mass is 568 g/mol. The molecule has 0 aliphatic carbocycles. The molecule has 1 aliphatic heterocycles. The number of hydrogen-bond acceptors (Lipinski definition) is 6. The van der Waals surface area contributed by atoms with Crippen LogP contribution in [0.4, 0.5) is 9.18 Å². The number of nitrogens with one attached hydrogen (secondary N) is 1. The lowest BCUT2D eigenvalue weighted by Gasteiger charge is -2.14. The molecular formula is C23H22FIN2O6. The first-order chi connectivity index (χ1) is 15.8. The Morgan fingerprint density at radius 3 is 2.61 bits per heavy atom. The summed E-state index contributed by atoms with van der Waals surface area (Å²) in [5.74, 6) is -0.823. The summed E-state index contributed by atoms with van der Waals surface area (Å²) in [6.07, 6.45) is 1.50. The predicted molar refractivity (Wildman–Crippen MR) is 126 cm³/mol. The third kappa shape index (κ3) is 6.01. The number of imide groups is 1. The van der Waals surface area contributed by atoms with Crippen molar-refractivity contribution in [3.8, 4) is 11.5 Å². The van der Waals surface area contributed by atoms with Gasteiger partial charge >= 0.3 is 12.0 Å². The molecule has 1 aliphatic rings. The first-order valence-electron chi connectivity index (χ1n) is 10.2. The van der Waals surface area contributed by atoms with E-state index in [1.165, 1.54) is 24.3 Å². The molecule has 2 aromatic rings. The number of rotatable bonds is 9. The van der Waals surface area contributed by atoms with Gasteiger partial charge in [-0.3, -0.25) is 9.69 Å². The number of halogens is 2. The molecule has 3 rings (SSSR count). The lowest BCUT2D eigenvalue weighted by molar-refractivity contribution is -0.145. The number of carbonyl (C=O) groups is 3. The van der Waals surface area contributed by atoms with Crippen LogP contribution in [0.5, 0.6) is 11.5 Å². The summed E-state index contributed by atoms with van der Waals surface area (Å²) in [6.45, 7) is 3.64. The molecule has 8 nitrogen and oxygen atoms in total. The number of carbonyl (C=O) groups excluding carboxylic acids is 3. The van der Waals surface area contributed by atoms with Gasteiger partial charge in [0, 0.05) is 5.56 Å². The molecule has 2 aromatic carbocycles. The molecule has 1 saturated heterocycles. The van der Waals surface area contributed by atoms with Crippen molar-refractivity contribution >= 4 is 46.6 Å². The van der Waals surface area contributed by atoms with Gasteiger partial charge in [0.05, 0.1) is 23.3 Å². The molecule has 0 radical (unpaired) electrons. The molecule has 0 atom stereocenters. The zero-order valence-electron chi connectivity index (χ0n) is 18.0. The standard InChI is InChI=1S/C23H22FIN2O6/c1-3-31-19-11-14(9-17(25)21(19)33-13-20(28)32-4-2)10-18-22(29)27(23(30)26-18)12-15-7-5-6-8-16(15)24/h5-11H,3-4,12-13H2,1-2H3,(H,26,30)/b18-10+. The Morgan fingerprint density at radius 1 is 1.15 bits per heavy atom. The Kier molecular flexibility index (Phi) is 8.26. The highest BCUT2D eigenvalue weighted by Crippen LogP contribution is 2.35. The number of benzene rings is 2. The Balaban J connectivity index is 1.83. The highest BCUT2D eigenvalue weighted by Gasteiger charge is 2.34. The van der Waals surface area contributed by atoms with Crippen LogP contribution >= 0.6 is 22.6 Å². The fourth-order valence-corrected chi connectivity index (χ4v) is 3.87. The fourth-order valence-electron chi connectivity index (χ4n) is 3.09. The molecule has 1 heterocycles. The molecule has 0 aromatic heterocycles. The lowest BCUT2D eigenvalue weighted by atomic mass is 10.1. The van der Waals surface area contributed by atoms with Crippen molar-refractivity contribution in [2.24, 2.45) is 0 Å². The summed E-state index contributed by atoms with van der Waals surface area (Å²) in [7, 11) is 0. The van der Waals surface area contributed by atoms with E-state index in [-0.39, 0.29) is 31.0 Å². The van der Waals surface area contributed by atoms with Crippen LogP contribution in [0, 0.1) is 9.39 Å². The number of esters is 1. The number of amides is 3. The van der Waals surface area contributed by atoms with E-state index in [0.29, 0.717) is 27.2 Å². The van der Waals surface area contributed by atoms with Gasteiger partial charge < -0.3 is 19.5 Å². The second-order valence-electron chi connectivity index (χ2n) is 6.83. The minimum absolute atomic E-state index is 0.0507. The van der Waals surface area contributed by atoms with Crippen molar-refractivity contribution in [2.75, 3.05) is 19.8 Å². The molecule has 1 N–H and O–H groups in total. The van der Waals surface area contributed by atoms with E-state index < -0.39 is 23.7 Å². The van der Waals surface area contributed by atoms with Crippen LogP contribution in [0.2, 0.25) is 0 Å². The molecule has 10 heteroatoms. The second kappa shape index (κ2) is 11.1. The quantitative estimate of drug-likeness (QED) is 0.214. The van der Waals surface area contributed by atoms with Crippen LogP contribution in [0.1, 0.15) is 25.0 Å². The van der Waals surface area contributed by atoms with Crippen molar-refractivity contribution in [3.63, 3.8) is 0 Å². The van der Waals surface area contributed by atoms with Crippen LogP contribution < -0.4 is 14.8 Å². The van der Waals surface area contributed by atoms with Crippen LogP contribution in [-0.2, 0) is 20.9 Å². The van der Waals surface area contributed by atoms with E-state index in [2.05, 4.69) is 5.32 Å². The molecule has 0 spiro atoms. The van der Waals surface area contributed by atoms with E-state index in [4.69, 9.17) is 14.2 Å². The predicted octanol–water partition coefficient (Wildman–Crippen LogP) is 3.86. The summed E-state index contributed by atoms with van der Waals surface area (Å²) < 4.78 is 30.7. The summed E-state index contributed by atoms with van der Waals surface area (Å²) in [4.78, 5) is 37.7. The lowest BCUT2D eigenvalue weighted by Crippen LogP contribution is -2.30. The third-order valence-electron chi connectivity index (χ3n) is 4.53. The largest absolute Gasteiger partial charge is 0.490 e. The van der Waals surface area contributed by atoms with Gasteiger partial charge in [0.25, 0.3) is 5.91 Å². The number of urea groups is 1. The van der Waals surface area contributed by atoms with Gasteiger partial charge in [0.1, 0.15) is 11.5 Å². The van der Waals surface area contributed by atoms with Crippen molar-refractivity contribution in [2.45, 2.75) is 20.4 Å². The summed E-state index contributed by atoms with van der Waals surface area (Å²) in [5, 5.41) is 2.52. The maximum Gasteiger partial charge on any atom is 0.344 e. The van der Waals surface area contributed by atoms with Crippen molar-refractivity contribution in [1.82, 2.24) is 10.2 Å². The van der Waals surface area contributed by atoms with Crippen LogP contribution in [0.25, 0.3) is 6.08 Å². The van der Waals surface area contributed by atoms with Gasteiger partial charge in [0.2, 0.25) is 0 Å². The van der Waals surface area contributed by atoms with E-state index in [0.717, 1.165) is 4.90 Å². The van der Waals surface area contributed by atoms with Crippen LogP contribution in [-0.4, -0.2) is 42.6 Å². The van der Waals surface area contributed by atoms with Gasteiger partial charge in [-0.15, -0.1) is 0 Å². The first-order valence-corrected chi connectivity index (χ1v) is 11.2. The smallest absolute Gasteiger partial charge is 0.344 e. The molecule has 0 bridgehead atoms. The topological polar surface area (TPSA) is 94.2 Å². The van der Waals surface area contributed by atoms with Gasteiger partial charge in [-0.1, -0.05) is 18.2 Å². The normalized spacial score (nSPS) is 14.4. The number of nitrogens with zero attached hydrogens (tertiary/aromatic N) is 1. The molecule has 0 saturated carbocycles. The van der Waals surface area contributed by atoms with Crippen molar-refractivity contribution in [1.29, 1.82) is 0 Å². The molecule has 174 valence electrons. The van der Waals surface area contributed by atoms with Crippen molar-refractivity contribution in [3.05, 3.63) is 62.6 Å². The molecule has 3 amide bonds. The SMILES string of the molecule is CCOC(=O)COc1c(I)cc(/C=C2/NC(=O)N(Cc3ccccc3F)C2=O)cc1OCC. The summed E-state index contributed by atoms with van der Waals surface area (Å²) in [5.41, 5.74) is 0.857. The van der Waals surface area contributed by atoms with E-state index in [9.17, 15) is 18.8 Å². The maximum atomic E-state index is 14.0. The third-order valence-corrected chi connectivity index (χ3v) is 5.33. The zero-order valence-corrected chi connectivity index (χ0v) is 20.2. The maximum absolute atomic E-state index is 14.0. The average molecular weight is 568 g/mol. The van der Waals surface area contributed by atoms with Gasteiger partial charge in [-0.25, -0.2) is 14.0 Å². The van der Waals surface area contributed by atoms with E-state index in [1.807, 2.05) is 22.6 Å². The molecular weight excluding hydrogens is 546 g/mol. The number of hydrogen-bond donors (Lipinski definition) is 1. The Hall–Kier alpha value is -3.15. The van der Waals surface area contributed by atoms with Crippen molar-refractivity contribution < 1.29 is 33.0 Å². The van der Waals surface area contributed by atoms with Gasteiger partial charge in [-0.2, -0.15) is 0 Å². The molecule has 0 unspecified atom stereocenters. The van der Waals surface area contributed by atoms with Gasteiger partial charge in [0.15, 0.2) is 18.1 Å². The zero-order chi connectivity index (χ0) is 24.0. The molecule has 1 fully saturated rings. The highest BCUT2D eigenvalue weighted by atomic mass is 127. The average Bonchev–Trinajstić information content (AvgIpc) is 3.02. The molecule has 33 heavy (non-hydrogen) atoms. The highest BCUT2D eigenvalue weighted by molar-refractivity contribution is 14.1. The minimum Gasteiger partial charge on any atom is -0.490 e. The number of ether oxygens (including phenoxy) is 3. The van der Waals surface area contributed by atoms with E-state index >= 15 is 0 Å². The summed E-state index contributed by atoms with van der Waals surface area (Å²) in [6, 6.07) is 8.68. The first kappa shape index (κ1) is 24.5. The van der Waals surface area contributed by atoms with Gasteiger partial charge in [-0.05, 0) is 66.3 Å². The Bertz CT molecular complexity index is 1100. The van der Waals surface area contributed by atoms with Crippen LogP contribution in [0.15, 0.2) is 42.1 Å². The minimum atomic E-state index is -0.636. The Labute approximate surface area is 203 Å².